The minimum atomic E-state index is -0.421. The van der Waals surface area contributed by atoms with Crippen LogP contribution in [0.25, 0.3) is 0 Å². The molecule has 0 saturated carbocycles. The fraction of sp³-hybridized carbons (Fsp3) is 0.500. The first-order valence-electron chi connectivity index (χ1n) is 5.99. The lowest BCUT2D eigenvalue weighted by Gasteiger charge is -2.31. The molecule has 0 spiro atoms. The average molecular weight is 235 g/mol. The number of nitrogens with zero attached hydrogens (tertiary/aromatic N) is 1. The number of halogens is 1. The van der Waals surface area contributed by atoms with E-state index in [1.54, 1.807) is 17.0 Å². The summed E-state index contributed by atoms with van der Waals surface area (Å²) in [7, 11) is 0. The Balaban J connectivity index is 2.35. The van der Waals surface area contributed by atoms with Crippen molar-refractivity contribution in [1.82, 2.24) is 4.90 Å². The minimum Gasteiger partial charge on any atom is -0.338 e. The van der Waals surface area contributed by atoms with Crippen LogP contribution in [0.15, 0.2) is 18.2 Å². The number of carbonyl (C=O) groups is 1. The molecule has 0 aliphatic carbocycles. The number of likely N-dealkylation sites (tertiary alicyclic amines) is 1. The number of benzene rings is 1. The zero-order valence-electron chi connectivity index (χ0n) is 10.6. The van der Waals surface area contributed by atoms with Crippen LogP contribution in [0.4, 0.5) is 4.39 Å². The van der Waals surface area contributed by atoms with E-state index in [-0.39, 0.29) is 16.9 Å². The largest absolute Gasteiger partial charge is 0.338 e. The van der Waals surface area contributed by atoms with E-state index in [1.807, 2.05) is 0 Å². The highest BCUT2D eigenvalue weighted by Crippen LogP contribution is 2.25. The van der Waals surface area contributed by atoms with Crippen molar-refractivity contribution in [2.24, 2.45) is 0 Å². The van der Waals surface area contributed by atoms with Gasteiger partial charge in [0.2, 0.25) is 0 Å². The summed E-state index contributed by atoms with van der Waals surface area (Å²) in [6.45, 7) is 7.66. The Morgan fingerprint density at radius 2 is 1.94 bits per heavy atom. The summed E-state index contributed by atoms with van der Waals surface area (Å²) in [6, 6.07) is 4.84. The third-order valence-corrected chi connectivity index (χ3v) is 3.21. The van der Waals surface area contributed by atoms with E-state index < -0.39 is 5.82 Å². The van der Waals surface area contributed by atoms with Crippen LogP contribution >= 0.6 is 0 Å². The summed E-state index contributed by atoms with van der Waals surface area (Å²) in [6.07, 6.45) is 1.02. The molecule has 1 heterocycles. The quantitative estimate of drug-likeness (QED) is 0.732. The first-order valence-corrected chi connectivity index (χ1v) is 5.99. The minimum absolute atomic E-state index is 0.0717. The van der Waals surface area contributed by atoms with Crippen molar-refractivity contribution in [3.63, 3.8) is 0 Å². The molecule has 1 aliphatic rings. The molecule has 0 radical (unpaired) electrons. The fourth-order valence-electron chi connectivity index (χ4n) is 1.85. The molecule has 1 amide bonds. The molecule has 0 unspecified atom stereocenters. The molecule has 1 aliphatic heterocycles. The molecule has 3 heteroatoms. The van der Waals surface area contributed by atoms with E-state index in [9.17, 15) is 9.18 Å². The van der Waals surface area contributed by atoms with E-state index in [4.69, 9.17) is 0 Å². The summed E-state index contributed by atoms with van der Waals surface area (Å²) in [4.78, 5) is 13.7. The Bertz CT molecular complexity index is 444. The van der Waals surface area contributed by atoms with Crippen molar-refractivity contribution in [3.05, 3.63) is 35.1 Å². The van der Waals surface area contributed by atoms with Crippen molar-refractivity contribution in [2.75, 3.05) is 13.1 Å². The smallest absolute Gasteiger partial charge is 0.256 e. The van der Waals surface area contributed by atoms with Gasteiger partial charge in [-0.2, -0.15) is 0 Å². The average Bonchev–Trinajstić information content (AvgIpc) is 2.13. The Labute approximate surface area is 101 Å². The van der Waals surface area contributed by atoms with Crippen LogP contribution in [0.3, 0.4) is 0 Å². The van der Waals surface area contributed by atoms with Gasteiger partial charge in [-0.25, -0.2) is 4.39 Å². The van der Waals surface area contributed by atoms with Gasteiger partial charge in [-0.15, -0.1) is 0 Å². The zero-order chi connectivity index (χ0) is 12.6. The summed E-state index contributed by atoms with van der Waals surface area (Å²) in [5, 5.41) is 0. The Kier molecular flexibility index (Phi) is 2.94. The first-order chi connectivity index (χ1) is 7.89. The SMILES string of the molecule is CC(C)(C)c1ccc(F)c(C(=O)N2CCC2)c1. The van der Waals surface area contributed by atoms with E-state index in [2.05, 4.69) is 20.8 Å². The van der Waals surface area contributed by atoms with Crippen molar-refractivity contribution in [3.8, 4) is 0 Å². The number of rotatable bonds is 1. The van der Waals surface area contributed by atoms with Gasteiger partial charge in [0.05, 0.1) is 5.56 Å². The van der Waals surface area contributed by atoms with Crippen molar-refractivity contribution in [2.45, 2.75) is 32.6 Å². The van der Waals surface area contributed by atoms with Gasteiger partial charge in [0.25, 0.3) is 5.91 Å². The summed E-state index contributed by atoms with van der Waals surface area (Å²) < 4.78 is 13.7. The lowest BCUT2D eigenvalue weighted by atomic mass is 9.86. The van der Waals surface area contributed by atoms with Crippen molar-refractivity contribution in [1.29, 1.82) is 0 Å². The molecule has 2 nitrogen and oxygen atoms in total. The Morgan fingerprint density at radius 3 is 2.41 bits per heavy atom. The van der Waals surface area contributed by atoms with Crippen LogP contribution in [0.5, 0.6) is 0 Å². The molecule has 0 N–H and O–H groups in total. The second-order valence-corrected chi connectivity index (χ2v) is 5.59. The molecular formula is C14H18FNO. The number of carbonyl (C=O) groups excluding carboxylic acids is 1. The topological polar surface area (TPSA) is 20.3 Å². The van der Waals surface area contributed by atoms with Gasteiger partial charge in [-0.05, 0) is 29.5 Å². The number of hydrogen-bond acceptors (Lipinski definition) is 1. The molecule has 0 bridgehead atoms. The predicted octanol–water partition coefficient (Wildman–Crippen LogP) is 2.97. The van der Waals surface area contributed by atoms with Gasteiger partial charge in [0.15, 0.2) is 0 Å². The van der Waals surface area contributed by atoms with Gasteiger partial charge in [0.1, 0.15) is 5.82 Å². The molecule has 1 aromatic carbocycles. The van der Waals surface area contributed by atoms with E-state index in [0.29, 0.717) is 0 Å². The Morgan fingerprint density at radius 1 is 1.29 bits per heavy atom. The molecule has 92 valence electrons. The van der Waals surface area contributed by atoms with Crippen LogP contribution in [0, 0.1) is 5.82 Å². The fourth-order valence-corrected chi connectivity index (χ4v) is 1.85. The maximum atomic E-state index is 13.7. The highest BCUT2D eigenvalue weighted by molar-refractivity contribution is 5.95. The molecule has 0 atom stereocenters. The molecule has 0 aromatic heterocycles. The van der Waals surface area contributed by atoms with Gasteiger partial charge >= 0.3 is 0 Å². The predicted molar refractivity (Wildman–Crippen MR) is 65.6 cm³/mol. The highest BCUT2D eigenvalue weighted by atomic mass is 19.1. The van der Waals surface area contributed by atoms with E-state index in [0.717, 1.165) is 25.1 Å². The summed E-state index contributed by atoms with van der Waals surface area (Å²) in [5.41, 5.74) is 1.12. The third kappa shape index (κ3) is 2.33. The van der Waals surface area contributed by atoms with Crippen LogP contribution < -0.4 is 0 Å². The van der Waals surface area contributed by atoms with Gasteiger partial charge < -0.3 is 4.90 Å². The molecule has 17 heavy (non-hydrogen) atoms. The van der Waals surface area contributed by atoms with Gasteiger partial charge in [-0.3, -0.25) is 4.79 Å². The number of amides is 1. The zero-order valence-corrected chi connectivity index (χ0v) is 10.6. The first kappa shape index (κ1) is 12.1. The Hall–Kier alpha value is -1.38. The third-order valence-electron chi connectivity index (χ3n) is 3.21. The van der Waals surface area contributed by atoms with Crippen LogP contribution in [-0.4, -0.2) is 23.9 Å². The molecular weight excluding hydrogens is 217 g/mol. The standard InChI is InChI=1S/C14H18FNO/c1-14(2,3)10-5-6-12(15)11(9-10)13(17)16-7-4-8-16/h5-6,9H,4,7-8H2,1-3H3. The summed E-state index contributed by atoms with van der Waals surface area (Å²) in [5.74, 6) is -0.602. The second kappa shape index (κ2) is 4.13. The monoisotopic (exact) mass is 235 g/mol. The maximum absolute atomic E-state index is 13.7. The molecule has 2 rings (SSSR count). The van der Waals surface area contributed by atoms with Crippen molar-refractivity contribution >= 4 is 5.91 Å². The van der Waals surface area contributed by atoms with Crippen molar-refractivity contribution < 1.29 is 9.18 Å². The van der Waals surface area contributed by atoms with Crippen LogP contribution in [-0.2, 0) is 5.41 Å². The van der Waals surface area contributed by atoms with E-state index in [1.165, 1.54) is 6.07 Å². The van der Waals surface area contributed by atoms with Gasteiger partial charge in [0, 0.05) is 13.1 Å². The van der Waals surface area contributed by atoms with Crippen LogP contribution in [0.2, 0.25) is 0 Å². The van der Waals surface area contributed by atoms with E-state index >= 15 is 0 Å². The second-order valence-electron chi connectivity index (χ2n) is 5.59. The normalized spacial score (nSPS) is 15.6. The molecule has 1 saturated heterocycles. The summed E-state index contributed by atoms with van der Waals surface area (Å²) >= 11 is 0. The molecule has 1 aromatic rings. The maximum Gasteiger partial charge on any atom is 0.256 e. The number of hydrogen-bond donors (Lipinski definition) is 0. The van der Waals surface area contributed by atoms with Crippen LogP contribution in [0.1, 0.15) is 43.1 Å². The lowest BCUT2D eigenvalue weighted by Crippen LogP contribution is -2.42. The molecule has 1 fully saturated rings. The lowest BCUT2D eigenvalue weighted by molar-refractivity contribution is 0.0647. The van der Waals surface area contributed by atoms with Gasteiger partial charge in [-0.1, -0.05) is 26.8 Å². The highest BCUT2D eigenvalue weighted by Gasteiger charge is 2.25.